The van der Waals surface area contributed by atoms with Gasteiger partial charge in [0.05, 0.1) is 23.6 Å². The monoisotopic (exact) mass is 234 g/mol. The highest BCUT2D eigenvalue weighted by Gasteiger charge is 2.14. The van der Waals surface area contributed by atoms with Crippen LogP contribution in [0, 0.1) is 6.20 Å². The van der Waals surface area contributed by atoms with Crippen molar-refractivity contribution >= 4 is 10.9 Å². The first-order chi connectivity index (χ1) is 8.93. The van der Waals surface area contributed by atoms with Gasteiger partial charge in [-0.25, -0.2) is 9.97 Å². The molecule has 85 valence electrons. The molecule has 0 saturated carbocycles. The van der Waals surface area contributed by atoms with Crippen LogP contribution in [0.25, 0.3) is 28.2 Å². The number of aromatic amines is 1. The topological polar surface area (TPSA) is 59.4 Å². The normalized spacial score (nSPS) is 11.3. The second-order valence-electron chi connectivity index (χ2n) is 3.97. The van der Waals surface area contributed by atoms with Crippen molar-refractivity contribution in [2.75, 3.05) is 0 Å². The van der Waals surface area contributed by atoms with Gasteiger partial charge in [-0.2, -0.15) is 5.10 Å². The maximum Gasteiger partial charge on any atom is 0.176 e. The molecular formula is C13H8N5. The predicted octanol–water partition coefficient (Wildman–Crippen LogP) is 2.05. The van der Waals surface area contributed by atoms with E-state index in [1.54, 1.807) is 12.4 Å². The molecule has 0 unspecified atom stereocenters. The second-order valence-corrected chi connectivity index (χ2v) is 3.97. The van der Waals surface area contributed by atoms with Crippen LogP contribution in [0.15, 0.2) is 42.7 Å². The average Bonchev–Trinajstić information content (AvgIpc) is 3.05. The molecule has 1 radical (unpaired) electrons. The van der Waals surface area contributed by atoms with Crippen molar-refractivity contribution in [1.29, 1.82) is 0 Å². The number of rotatable bonds is 1. The molecule has 0 aliphatic carbocycles. The summed E-state index contributed by atoms with van der Waals surface area (Å²) in [5, 5.41) is 8.41. The summed E-state index contributed by atoms with van der Waals surface area (Å²) in [5.41, 5.74) is 1.90. The van der Waals surface area contributed by atoms with Crippen molar-refractivity contribution < 1.29 is 0 Å². The van der Waals surface area contributed by atoms with E-state index in [1.165, 1.54) is 0 Å². The largest absolute Gasteiger partial charge is 0.285 e. The number of hydrogen-bond acceptors (Lipinski definition) is 3. The lowest BCUT2D eigenvalue weighted by molar-refractivity contribution is 0.937. The summed E-state index contributed by atoms with van der Waals surface area (Å²) in [7, 11) is 0. The molecule has 0 spiro atoms. The minimum absolute atomic E-state index is 0.695. The molecule has 1 N–H and O–H groups in total. The zero-order valence-electron chi connectivity index (χ0n) is 9.33. The van der Waals surface area contributed by atoms with Crippen molar-refractivity contribution in [2.24, 2.45) is 0 Å². The summed E-state index contributed by atoms with van der Waals surface area (Å²) >= 11 is 0. The summed E-state index contributed by atoms with van der Waals surface area (Å²) in [4.78, 5) is 8.35. The van der Waals surface area contributed by atoms with Crippen molar-refractivity contribution in [3.63, 3.8) is 0 Å². The Labute approximate surface area is 102 Å². The molecular weight excluding hydrogens is 226 g/mol. The Morgan fingerprint density at radius 3 is 3.06 bits per heavy atom. The minimum Gasteiger partial charge on any atom is -0.285 e. The van der Waals surface area contributed by atoms with E-state index in [1.807, 2.05) is 34.9 Å². The van der Waals surface area contributed by atoms with Gasteiger partial charge in [0.1, 0.15) is 0 Å². The fourth-order valence-electron chi connectivity index (χ4n) is 2.11. The van der Waals surface area contributed by atoms with Gasteiger partial charge in [0.2, 0.25) is 0 Å². The number of H-pyrrole nitrogens is 1. The fourth-order valence-corrected chi connectivity index (χ4v) is 2.11. The smallest absolute Gasteiger partial charge is 0.176 e. The molecule has 2 aliphatic rings. The van der Waals surface area contributed by atoms with Gasteiger partial charge in [-0.15, -0.1) is 0 Å². The first-order valence-electron chi connectivity index (χ1n) is 5.57. The molecule has 0 saturated heterocycles. The molecule has 4 rings (SSSR count). The molecule has 1 aromatic carbocycles. The molecule has 2 aromatic rings. The van der Waals surface area contributed by atoms with Gasteiger partial charge in [-0.1, -0.05) is 12.1 Å². The van der Waals surface area contributed by atoms with Gasteiger partial charge in [0.25, 0.3) is 0 Å². The standard InChI is InChI=1S/C13H8N5/c1-2-4-10-9(3-1)13(17-16-10)18-8-7-15-12-11(18)5-6-14-12/h1-7H,(H,16,17). The maximum atomic E-state index is 4.35. The number of para-hydroxylation sites is 1. The van der Waals surface area contributed by atoms with E-state index in [0.29, 0.717) is 5.82 Å². The summed E-state index contributed by atoms with van der Waals surface area (Å²) in [6.07, 6.45) is 6.42. The van der Waals surface area contributed by atoms with E-state index >= 15 is 0 Å². The van der Waals surface area contributed by atoms with Crippen molar-refractivity contribution in [3.05, 3.63) is 48.9 Å². The second kappa shape index (κ2) is 3.40. The Morgan fingerprint density at radius 2 is 2.06 bits per heavy atom. The van der Waals surface area contributed by atoms with Crippen LogP contribution in [0.5, 0.6) is 0 Å². The maximum absolute atomic E-state index is 4.35. The molecule has 0 fully saturated rings. The molecule has 1 aromatic heterocycles. The van der Waals surface area contributed by atoms with E-state index in [4.69, 9.17) is 0 Å². The van der Waals surface area contributed by atoms with Crippen LogP contribution in [0.3, 0.4) is 0 Å². The van der Waals surface area contributed by atoms with Crippen LogP contribution >= 0.6 is 0 Å². The number of hydrogen-bond donors (Lipinski definition) is 1. The molecule has 18 heavy (non-hydrogen) atoms. The molecule has 3 heterocycles. The van der Waals surface area contributed by atoms with Crippen molar-refractivity contribution in [2.45, 2.75) is 0 Å². The summed E-state index contributed by atoms with van der Waals surface area (Å²) in [5.74, 6) is 1.51. The van der Waals surface area contributed by atoms with E-state index in [9.17, 15) is 0 Å². The predicted molar refractivity (Wildman–Crippen MR) is 66.5 cm³/mol. The van der Waals surface area contributed by atoms with Gasteiger partial charge in [0, 0.05) is 11.6 Å². The summed E-state index contributed by atoms with van der Waals surface area (Å²) in [6.45, 7) is 0. The third-order valence-electron chi connectivity index (χ3n) is 2.93. The highest BCUT2D eigenvalue weighted by molar-refractivity contribution is 5.86. The van der Waals surface area contributed by atoms with E-state index < -0.39 is 0 Å². The third kappa shape index (κ3) is 1.18. The average molecular weight is 234 g/mol. The Hall–Kier alpha value is -2.69. The van der Waals surface area contributed by atoms with E-state index in [-0.39, 0.29) is 0 Å². The molecule has 2 aliphatic heterocycles. The third-order valence-corrected chi connectivity index (χ3v) is 2.93. The minimum atomic E-state index is 0.695. The molecule has 5 nitrogen and oxygen atoms in total. The highest BCUT2D eigenvalue weighted by Crippen LogP contribution is 2.24. The summed E-state index contributed by atoms with van der Waals surface area (Å²) in [6, 6.07) is 9.89. The van der Waals surface area contributed by atoms with Crippen LogP contribution < -0.4 is 0 Å². The highest BCUT2D eigenvalue weighted by atomic mass is 15.2. The molecule has 0 atom stereocenters. The zero-order chi connectivity index (χ0) is 11.9. The summed E-state index contributed by atoms with van der Waals surface area (Å²) < 4.78 is 1.87. The van der Waals surface area contributed by atoms with Crippen molar-refractivity contribution in [3.8, 4) is 17.3 Å². The Morgan fingerprint density at radius 1 is 1.11 bits per heavy atom. The van der Waals surface area contributed by atoms with Crippen LogP contribution in [-0.4, -0.2) is 24.7 Å². The Kier molecular flexibility index (Phi) is 1.77. The van der Waals surface area contributed by atoms with Gasteiger partial charge in [-0.05, 0) is 18.2 Å². The van der Waals surface area contributed by atoms with Crippen LogP contribution in [0.1, 0.15) is 0 Å². The Balaban J connectivity index is 2.06. The SMILES string of the molecule is [c]1cnc2nccc-2n1-c1n[nH]c2ccccc12. The first kappa shape index (κ1) is 9.35. The number of benzene rings is 1. The van der Waals surface area contributed by atoms with Gasteiger partial charge in [-0.3, -0.25) is 9.67 Å². The number of aromatic nitrogens is 5. The van der Waals surface area contributed by atoms with Gasteiger partial charge < -0.3 is 0 Å². The van der Waals surface area contributed by atoms with Gasteiger partial charge in [0.15, 0.2) is 11.6 Å². The first-order valence-corrected chi connectivity index (χ1v) is 5.57. The number of nitrogens with one attached hydrogen (secondary N) is 1. The fraction of sp³-hybridized carbons (Fsp3) is 0. The molecule has 0 amide bonds. The Bertz CT molecular complexity index is 798. The quantitative estimate of drug-likeness (QED) is 0.548. The lowest BCUT2D eigenvalue weighted by Crippen LogP contribution is -2.02. The van der Waals surface area contributed by atoms with Crippen LogP contribution in [0.4, 0.5) is 0 Å². The lowest BCUT2D eigenvalue weighted by Gasteiger charge is -2.07. The zero-order valence-corrected chi connectivity index (χ0v) is 9.33. The number of fused-ring (bicyclic) bond motifs is 2. The van der Waals surface area contributed by atoms with Crippen LogP contribution in [-0.2, 0) is 0 Å². The van der Waals surface area contributed by atoms with E-state index in [0.717, 1.165) is 22.4 Å². The lowest BCUT2D eigenvalue weighted by atomic mass is 10.2. The number of nitrogens with zero attached hydrogens (tertiary/aromatic N) is 4. The molecule has 5 heteroatoms. The van der Waals surface area contributed by atoms with Crippen LogP contribution in [0.2, 0.25) is 0 Å². The molecule has 0 bridgehead atoms. The van der Waals surface area contributed by atoms with Crippen molar-refractivity contribution in [1.82, 2.24) is 24.7 Å². The van der Waals surface area contributed by atoms with Gasteiger partial charge >= 0.3 is 0 Å². The van der Waals surface area contributed by atoms with E-state index in [2.05, 4.69) is 26.4 Å².